The molecule has 0 spiro atoms. The minimum absolute atomic E-state index is 0.613. The van der Waals surface area contributed by atoms with Crippen LogP contribution < -0.4 is 5.32 Å². The first kappa shape index (κ1) is 12.1. The highest BCUT2D eigenvalue weighted by atomic mass is 14.9. The fourth-order valence-corrected chi connectivity index (χ4v) is 2.27. The third-order valence-electron chi connectivity index (χ3n) is 3.40. The van der Waals surface area contributed by atoms with Gasteiger partial charge >= 0.3 is 0 Å². The van der Waals surface area contributed by atoms with Crippen LogP contribution >= 0.6 is 0 Å². The summed E-state index contributed by atoms with van der Waals surface area (Å²) in [4.78, 5) is 4.39. The first-order valence-corrected chi connectivity index (χ1v) is 6.35. The molecule has 0 aliphatic rings. The normalized spacial score (nSPS) is 12.8. The van der Waals surface area contributed by atoms with E-state index in [1.807, 2.05) is 19.3 Å². The molecule has 1 atom stereocenters. The smallest absolute Gasteiger partial charge is 0.0704 e. The number of rotatable bonds is 5. The van der Waals surface area contributed by atoms with E-state index < -0.39 is 0 Å². The monoisotopic (exact) mass is 228 g/mol. The maximum atomic E-state index is 4.39. The zero-order chi connectivity index (χ0) is 12.1. The quantitative estimate of drug-likeness (QED) is 0.850. The molecule has 0 aliphatic heterocycles. The molecule has 0 aliphatic carbocycles. The van der Waals surface area contributed by atoms with Crippen molar-refractivity contribution < 1.29 is 0 Å². The number of nitrogens with one attached hydrogen (secondary N) is 1. The summed E-state index contributed by atoms with van der Waals surface area (Å²) >= 11 is 0. The van der Waals surface area contributed by atoms with Crippen LogP contribution in [0.4, 0.5) is 0 Å². The predicted molar refractivity (Wildman–Crippen MR) is 73.2 cm³/mol. The van der Waals surface area contributed by atoms with E-state index in [4.69, 9.17) is 0 Å². The Morgan fingerprint density at radius 3 is 2.88 bits per heavy atom. The van der Waals surface area contributed by atoms with E-state index in [1.54, 1.807) is 0 Å². The number of pyridine rings is 1. The Balaban J connectivity index is 2.18. The highest BCUT2D eigenvalue weighted by Crippen LogP contribution is 2.18. The van der Waals surface area contributed by atoms with Crippen molar-refractivity contribution in [2.75, 3.05) is 7.05 Å². The molecule has 1 N–H and O–H groups in total. The zero-order valence-electron chi connectivity index (χ0n) is 10.6. The van der Waals surface area contributed by atoms with Gasteiger partial charge in [0.15, 0.2) is 0 Å². The Hall–Kier alpha value is -1.41. The van der Waals surface area contributed by atoms with Gasteiger partial charge in [0.05, 0.1) is 5.52 Å². The number of fused-ring (bicyclic) bond motifs is 1. The first-order valence-electron chi connectivity index (χ1n) is 6.35. The molecule has 1 aromatic carbocycles. The summed E-state index contributed by atoms with van der Waals surface area (Å²) in [5.74, 6) is 0. The van der Waals surface area contributed by atoms with Gasteiger partial charge in [-0.15, -0.1) is 0 Å². The molecule has 90 valence electrons. The average Bonchev–Trinajstić information content (AvgIpc) is 2.40. The third kappa shape index (κ3) is 2.83. The molecule has 2 aromatic rings. The molecule has 2 rings (SSSR count). The molecule has 2 nitrogen and oxygen atoms in total. The van der Waals surface area contributed by atoms with Gasteiger partial charge < -0.3 is 5.32 Å². The van der Waals surface area contributed by atoms with E-state index >= 15 is 0 Å². The summed E-state index contributed by atoms with van der Waals surface area (Å²) in [6, 6.07) is 11.2. The van der Waals surface area contributed by atoms with Gasteiger partial charge in [-0.1, -0.05) is 25.1 Å². The van der Waals surface area contributed by atoms with E-state index in [9.17, 15) is 0 Å². The highest BCUT2D eigenvalue weighted by Gasteiger charge is 2.05. The van der Waals surface area contributed by atoms with Crippen molar-refractivity contribution in [3.63, 3.8) is 0 Å². The number of aromatic nitrogens is 1. The SMILES string of the molecule is CCC(CCc1cccc2ncccc12)NC. The van der Waals surface area contributed by atoms with Crippen LogP contribution in [-0.4, -0.2) is 18.1 Å². The molecule has 0 saturated heterocycles. The van der Waals surface area contributed by atoms with Crippen molar-refractivity contribution in [3.05, 3.63) is 42.1 Å². The van der Waals surface area contributed by atoms with E-state index in [-0.39, 0.29) is 0 Å². The Morgan fingerprint density at radius 1 is 1.24 bits per heavy atom. The third-order valence-corrected chi connectivity index (χ3v) is 3.40. The van der Waals surface area contributed by atoms with E-state index in [0.717, 1.165) is 11.9 Å². The summed E-state index contributed by atoms with van der Waals surface area (Å²) < 4.78 is 0. The Kier molecular flexibility index (Phi) is 4.10. The number of nitrogens with zero attached hydrogens (tertiary/aromatic N) is 1. The second kappa shape index (κ2) is 5.78. The number of aryl methyl sites for hydroxylation is 1. The lowest BCUT2D eigenvalue weighted by Gasteiger charge is -2.14. The predicted octanol–water partition coefficient (Wildman–Crippen LogP) is 3.17. The fourth-order valence-electron chi connectivity index (χ4n) is 2.27. The number of benzene rings is 1. The van der Waals surface area contributed by atoms with Crippen molar-refractivity contribution in [3.8, 4) is 0 Å². The molecule has 17 heavy (non-hydrogen) atoms. The Bertz CT molecular complexity index is 470. The minimum atomic E-state index is 0.613. The molecule has 1 heterocycles. The van der Waals surface area contributed by atoms with Gasteiger partial charge in [-0.25, -0.2) is 0 Å². The van der Waals surface area contributed by atoms with Crippen molar-refractivity contribution >= 4 is 10.9 Å². The second-order valence-electron chi connectivity index (χ2n) is 4.42. The summed E-state index contributed by atoms with van der Waals surface area (Å²) in [5, 5.41) is 4.65. The Labute approximate surface area is 103 Å². The van der Waals surface area contributed by atoms with Crippen molar-refractivity contribution in [1.29, 1.82) is 0 Å². The molecule has 0 fully saturated rings. The van der Waals surface area contributed by atoms with E-state index in [0.29, 0.717) is 6.04 Å². The largest absolute Gasteiger partial charge is 0.317 e. The van der Waals surface area contributed by atoms with Crippen LogP contribution in [0.1, 0.15) is 25.3 Å². The standard InChI is InChI=1S/C15H20N2/c1-3-13(16-2)10-9-12-6-4-8-15-14(12)7-5-11-17-15/h4-8,11,13,16H,3,9-10H2,1-2H3. The van der Waals surface area contributed by atoms with Gasteiger partial charge in [-0.05, 0) is 44.0 Å². The van der Waals surface area contributed by atoms with Crippen LogP contribution in [0.2, 0.25) is 0 Å². The van der Waals surface area contributed by atoms with Crippen molar-refractivity contribution in [1.82, 2.24) is 10.3 Å². The molecular formula is C15H20N2. The van der Waals surface area contributed by atoms with Crippen LogP contribution in [0.3, 0.4) is 0 Å². The van der Waals surface area contributed by atoms with Gasteiger partial charge in [0.2, 0.25) is 0 Å². The topological polar surface area (TPSA) is 24.9 Å². The van der Waals surface area contributed by atoms with Crippen LogP contribution in [0.5, 0.6) is 0 Å². The summed E-state index contributed by atoms with van der Waals surface area (Å²) in [6.45, 7) is 2.23. The Morgan fingerprint density at radius 2 is 2.12 bits per heavy atom. The maximum absolute atomic E-state index is 4.39. The lowest BCUT2D eigenvalue weighted by molar-refractivity contribution is 0.509. The van der Waals surface area contributed by atoms with Crippen LogP contribution in [-0.2, 0) is 6.42 Å². The highest BCUT2D eigenvalue weighted by molar-refractivity contribution is 5.81. The summed E-state index contributed by atoms with van der Waals surface area (Å²) in [7, 11) is 2.04. The zero-order valence-corrected chi connectivity index (χ0v) is 10.6. The van der Waals surface area contributed by atoms with Crippen LogP contribution in [0, 0.1) is 0 Å². The van der Waals surface area contributed by atoms with Gasteiger partial charge in [0.25, 0.3) is 0 Å². The van der Waals surface area contributed by atoms with E-state index in [2.05, 4.69) is 41.5 Å². The lowest BCUT2D eigenvalue weighted by atomic mass is 10.00. The van der Waals surface area contributed by atoms with Gasteiger partial charge in [0.1, 0.15) is 0 Å². The van der Waals surface area contributed by atoms with Crippen molar-refractivity contribution in [2.24, 2.45) is 0 Å². The van der Waals surface area contributed by atoms with Crippen molar-refractivity contribution in [2.45, 2.75) is 32.2 Å². The number of hydrogen-bond acceptors (Lipinski definition) is 2. The maximum Gasteiger partial charge on any atom is 0.0704 e. The molecule has 1 aromatic heterocycles. The average molecular weight is 228 g/mol. The molecule has 0 saturated carbocycles. The van der Waals surface area contributed by atoms with Gasteiger partial charge in [-0.3, -0.25) is 4.98 Å². The lowest BCUT2D eigenvalue weighted by Crippen LogP contribution is -2.24. The molecule has 0 bridgehead atoms. The number of hydrogen-bond donors (Lipinski definition) is 1. The molecule has 1 unspecified atom stereocenters. The van der Waals surface area contributed by atoms with Crippen LogP contribution in [0.25, 0.3) is 10.9 Å². The summed E-state index contributed by atoms with van der Waals surface area (Å²) in [6.07, 6.45) is 5.33. The fraction of sp³-hybridized carbons (Fsp3) is 0.400. The summed E-state index contributed by atoms with van der Waals surface area (Å²) in [5.41, 5.74) is 2.51. The van der Waals surface area contributed by atoms with Gasteiger partial charge in [-0.2, -0.15) is 0 Å². The second-order valence-corrected chi connectivity index (χ2v) is 4.42. The van der Waals surface area contributed by atoms with E-state index in [1.165, 1.54) is 23.8 Å². The molecular weight excluding hydrogens is 208 g/mol. The van der Waals surface area contributed by atoms with Crippen LogP contribution in [0.15, 0.2) is 36.5 Å². The first-order chi connectivity index (χ1) is 8.35. The molecule has 2 heteroatoms. The minimum Gasteiger partial charge on any atom is -0.317 e. The molecule has 0 radical (unpaired) electrons. The van der Waals surface area contributed by atoms with Gasteiger partial charge in [0, 0.05) is 17.6 Å². The molecule has 0 amide bonds.